The molecule has 8 N–H and O–H groups in total. The first-order valence-corrected chi connectivity index (χ1v) is 6.45. The van der Waals surface area contributed by atoms with Gasteiger partial charge in [-0.15, -0.1) is 0 Å². The molecule has 0 aliphatic rings. The minimum Gasteiger partial charge on any atom is -0.480 e. The third kappa shape index (κ3) is 6.92. The maximum atomic E-state index is 11.8. The molecule has 3 unspecified atom stereocenters. The summed E-state index contributed by atoms with van der Waals surface area (Å²) in [5, 5.41) is 21.8. The van der Waals surface area contributed by atoms with E-state index in [4.69, 9.17) is 21.7 Å². The van der Waals surface area contributed by atoms with Gasteiger partial charge in [0, 0.05) is 5.75 Å². The minimum atomic E-state index is -1.51. The summed E-state index contributed by atoms with van der Waals surface area (Å²) >= 11 is 3.85. The van der Waals surface area contributed by atoms with Crippen molar-refractivity contribution in [2.45, 2.75) is 24.5 Å². The SMILES string of the molecule is NC(=O)CC(NC(=O)C(CS)NC(=O)C(N)CO)C(=O)O. The van der Waals surface area contributed by atoms with Crippen LogP contribution in [0, 0.1) is 0 Å². The van der Waals surface area contributed by atoms with Crippen molar-refractivity contribution in [1.29, 1.82) is 0 Å². The van der Waals surface area contributed by atoms with Crippen molar-refractivity contribution in [3.63, 3.8) is 0 Å². The Labute approximate surface area is 125 Å². The molecule has 0 aromatic heterocycles. The molecule has 0 aliphatic carbocycles. The Morgan fingerprint density at radius 3 is 2.00 bits per heavy atom. The standard InChI is InChI=1S/C10H18N4O6S/c11-4(2-15)8(17)14-6(3-21)9(18)13-5(10(19)20)1-7(12)16/h4-6,15,21H,1-3,11H2,(H2,12,16)(H,13,18)(H,14,17)(H,19,20). The molecule has 0 heterocycles. The van der Waals surface area contributed by atoms with E-state index < -0.39 is 54.8 Å². The van der Waals surface area contributed by atoms with E-state index in [9.17, 15) is 19.2 Å². The minimum absolute atomic E-state index is 0.140. The molecule has 0 rings (SSSR count). The van der Waals surface area contributed by atoms with Crippen LogP contribution >= 0.6 is 12.6 Å². The largest absolute Gasteiger partial charge is 0.480 e. The first-order chi connectivity index (χ1) is 9.72. The Hall–Kier alpha value is -1.85. The molecular weight excluding hydrogens is 304 g/mol. The Bertz CT molecular complexity index is 418. The van der Waals surface area contributed by atoms with Gasteiger partial charge in [0.15, 0.2) is 0 Å². The summed E-state index contributed by atoms with van der Waals surface area (Å²) in [6.45, 7) is -0.619. The van der Waals surface area contributed by atoms with Crippen molar-refractivity contribution in [3.8, 4) is 0 Å². The fourth-order valence-corrected chi connectivity index (χ4v) is 1.49. The van der Waals surface area contributed by atoms with Crippen molar-refractivity contribution < 1.29 is 29.4 Å². The summed E-state index contributed by atoms with van der Waals surface area (Å²) in [6, 6.07) is -3.91. The Balaban J connectivity index is 4.73. The number of hydrogen-bond acceptors (Lipinski definition) is 7. The van der Waals surface area contributed by atoms with E-state index in [1.807, 2.05) is 0 Å². The summed E-state index contributed by atoms with van der Waals surface area (Å²) in [7, 11) is 0. The average Bonchev–Trinajstić information content (AvgIpc) is 2.41. The van der Waals surface area contributed by atoms with Crippen molar-refractivity contribution in [3.05, 3.63) is 0 Å². The van der Waals surface area contributed by atoms with Crippen LogP contribution in [0.1, 0.15) is 6.42 Å². The number of amides is 3. The monoisotopic (exact) mass is 322 g/mol. The lowest BCUT2D eigenvalue weighted by molar-refractivity contribution is -0.143. The second-order valence-electron chi connectivity index (χ2n) is 4.10. The molecular formula is C10H18N4O6S. The molecule has 3 atom stereocenters. The molecule has 0 spiro atoms. The van der Waals surface area contributed by atoms with E-state index in [1.165, 1.54) is 0 Å². The van der Waals surface area contributed by atoms with Crippen LogP contribution in [0.25, 0.3) is 0 Å². The van der Waals surface area contributed by atoms with Gasteiger partial charge in [-0.1, -0.05) is 0 Å². The number of carboxylic acid groups (broad SMARTS) is 1. The molecule has 3 amide bonds. The summed E-state index contributed by atoms with van der Waals surface area (Å²) in [4.78, 5) is 44.9. The van der Waals surface area contributed by atoms with Gasteiger partial charge in [-0.05, 0) is 0 Å². The average molecular weight is 322 g/mol. The molecule has 0 bridgehead atoms. The number of aliphatic hydroxyl groups is 1. The number of thiol groups is 1. The predicted molar refractivity (Wildman–Crippen MR) is 74.2 cm³/mol. The van der Waals surface area contributed by atoms with Crippen LogP contribution in [0.5, 0.6) is 0 Å². The first kappa shape index (κ1) is 19.1. The van der Waals surface area contributed by atoms with Gasteiger partial charge >= 0.3 is 5.97 Å². The topological polar surface area (TPSA) is 185 Å². The smallest absolute Gasteiger partial charge is 0.326 e. The molecule has 0 aromatic carbocycles. The van der Waals surface area contributed by atoms with Crippen LogP contribution in [-0.4, -0.2) is 64.4 Å². The number of carbonyl (C=O) groups excluding carboxylic acids is 3. The summed E-state index contributed by atoms with van der Waals surface area (Å²) < 4.78 is 0. The lowest BCUT2D eigenvalue weighted by Gasteiger charge is -2.20. The van der Waals surface area contributed by atoms with Gasteiger partial charge in [-0.3, -0.25) is 14.4 Å². The highest BCUT2D eigenvalue weighted by molar-refractivity contribution is 7.80. The number of aliphatic hydroxyl groups excluding tert-OH is 1. The highest BCUT2D eigenvalue weighted by Crippen LogP contribution is 1.96. The fourth-order valence-electron chi connectivity index (χ4n) is 1.23. The van der Waals surface area contributed by atoms with Crippen molar-refractivity contribution >= 4 is 36.3 Å². The van der Waals surface area contributed by atoms with Crippen LogP contribution in [0.3, 0.4) is 0 Å². The van der Waals surface area contributed by atoms with Crippen molar-refractivity contribution in [2.75, 3.05) is 12.4 Å². The molecule has 10 nitrogen and oxygen atoms in total. The molecule has 0 fully saturated rings. The van der Waals surface area contributed by atoms with Crippen LogP contribution in [0.2, 0.25) is 0 Å². The normalized spacial score (nSPS) is 14.6. The molecule has 21 heavy (non-hydrogen) atoms. The lowest BCUT2D eigenvalue weighted by Crippen LogP contribution is -2.56. The Morgan fingerprint density at radius 1 is 1.10 bits per heavy atom. The van der Waals surface area contributed by atoms with Crippen molar-refractivity contribution in [2.24, 2.45) is 11.5 Å². The molecule has 11 heteroatoms. The van der Waals surface area contributed by atoms with E-state index >= 15 is 0 Å². The summed E-state index contributed by atoms with van der Waals surface area (Å²) in [6.07, 6.45) is -0.593. The van der Waals surface area contributed by atoms with E-state index in [0.29, 0.717) is 0 Å². The molecule has 120 valence electrons. The number of hydrogen-bond donors (Lipinski definition) is 7. The van der Waals surface area contributed by atoms with Gasteiger partial charge < -0.3 is 32.3 Å². The predicted octanol–water partition coefficient (Wildman–Crippen LogP) is -3.83. The fraction of sp³-hybridized carbons (Fsp3) is 0.600. The maximum Gasteiger partial charge on any atom is 0.326 e. The third-order valence-corrected chi connectivity index (χ3v) is 2.73. The molecule has 0 radical (unpaired) electrons. The van der Waals surface area contributed by atoms with Crippen molar-refractivity contribution in [1.82, 2.24) is 10.6 Å². The highest BCUT2D eigenvalue weighted by atomic mass is 32.1. The van der Waals surface area contributed by atoms with E-state index in [-0.39, 0.29) is 5.75 Å². The van der Waals surface area contributed by atoms with Gasteiger partial charge in [0.05, 0.1) is 13.0 Å². The number of aliphatic carboxylic acids is 1. The molecule has 0 saturated carbocycles. The zero-order valence-electron chi connectivity index (χ0n) is 11.0. The zero-order valence-corrected chi connectivity index (χ0v) is 11.9. The lowest BCUT2D eigenvalue weighted by atomic mass is 10.1. The summed E-state index contributed by atoms with van der Waals surface area (Å²) in [5.74, 6) is -4.15. The maximum absolute atomic E-state index is 11.8. The molecule has 0 aliphatic heterocycles. The Morgan fingerprint density at radius 2 is 1.62 bits per heavy atom. The van der Waals surface area contributed by atoms with Gasteiger partial charge in [0.25, 0.3) is 0 Å². The van der Waals surface area contributed by atoms with Crippen LogP contribution in [0.15, 0.2) is 0 Å². The zero-order chi connectivity index (χ0) is 16.6. The van der Waals surface area contributed by atoms with Gasteiger partial charge in [-0.2, -0.15) is 12.6 Å². The number of primary amides is 1. The second-order valence-corrected chi connectivity index (χ2v) is 4.47. The van der Waals surface area contributed by atoms with Gasteiger partial charge in [0.2, 0.25) is 17.7 Å². The van der Waals surface area contributed by atoms with E-state index in [2.05, 4.69) is 23.3 Å². The second kappa shape index (κ2) is 9.15. The number of rotatable bonds is 9. The molecule has 0 aromatic rings. The van der Waals surface area contributed by atoms with Gasteiger partial charge in [0.1, 0.15) is 18.1 Å². The number of carbonyl (C=O) groups is 4. The quantitative estimate of drug-likeness (QED) is 0.212. The van der Waals surface area contributed by atoms with E-state index in [0.717, 1.165) is 0 Å². The van der Waals surface area contributed by atoms with Crippen LogP contribution in [0.4, 0.5) is 0 Å². The third-order valence-electron chi connectivity index (χ3n) is 2.37. The number of nitrogens with one attached hydrogen (secondary N) is 2. The van der Waals surface area contributed by atoms with Crippen LogP contribution < -0.4 is 22.1 Å². The van der Waals surface area contributed by atoms with Crippen LogP contribution in [-0.2, 0) is 19.2 Å². The van der Waals surface area contributed by atoms with E-state index in [1.54, 1.807) is 0 Å². The highest BCUT2D eigenvalue weighted by Gasteiger charge is 2.27. The first-order valence-electron chi connectivity index (χ1n) is 5.82. The molecule has 0 saturated heterocycles. The summed E-state index contributed by atoms with van der Waals surface area (Å²) in [5.41, 5.74) is 10.1. The van der Waals surface area contributed by atoms with Gasteiger partial charge in [-0.25, -0.2) is 4.79 Å². The Kier molecular flexibility index (Phi) is 8.35. The number of carboxylic acids is 1. The number of nitrogens with two attached hydrogens (primary N) is 2.